The summed E-state index contributed by atoms with van der Waals surface area (Å²) in [6.07, 6.45) is 0. The number of nitrogen functional groups attached to an aromatic ring is 1. The topological polar surface area (TPSA) is 55.1 Å². The smallest absolute Gasteiger partial charge is 0.258 e. The number of hydrogen-bond donors (Lipinski definition) is 2. The molecule has 2 rings (SSSR count). The first-order valence-corrected chi connectivity index (χ1v) is 6.26. The summed E-state index contributed by atoms with van der Waals surface area (Å²) in [5, 5.41) is 2.62. The van der Waals surface area contributed by atoms with Crippen molar-refractivity contribution in [2.75, 3.05) is 11.1 Å². The highest BCUT2D eigenvalue weighted by atomic mass is 127. The van der Waals surface area contributed by atoms with E-state index >= 15 is 0 Å². The maximum absolute atomic E-state index is 13.5. The summed E-state index contributed by atoms with van der Waals surface area (Å²) in [5.74, 6) is -1.12. The van der Waals surface area contributed by atoms with Gasteiger partial charge in [0.15, 0.2) is 0 Å². The van der Waals surface area contributed by atoms with E-state index in [2.05, 4.69) is 27.9 Å². The third-order valence-electron chi connectivity index (χ3n) is 2.34. The lowest BCUT2D eigenvalue weighted by Crippen LogP contribution is -2.13. The lowest BCUT2D eigenvalue weighted by atomic mass is 10.1. The molecule has 0 aliphatic carbocycles. The lowest BCUT2D eigenvalue weighted by Gasteiger charge is -2.06. The van der Waals surface area contributed by atoms with Crippen LogP contribution in [0, 0.1) is 9.39 Å². The normalized spacial score (nSPS) is 10.1. The minimum absolute atomic E-state index is 0.0252. The Morgan fingerprint density at radius 2 is 1.83 bits per heavy atom. The number of anilines is 2. The van der Waals surface area contributed by atoms with Gasteiger partial charge in [0.1, 0.15) is 5.82 Å². The van der Waals surface area contributed by atoms with Crippen LogP contribution in [0.25, 0.3) is 0 Å². The van der Waals surface area contributed by atoms with Gasteiger partial charge in [0.25, 0.3) is 5.91 Å². The van der Waals surface area contributed by atoms with Crippen LogP contribution < -0.4 is 11.1 Å². The molecule has 0 fully saturated rings. The van der Waals surface area contributed by atoms with Crippen LogP contribution >= 0.6 is 22.6 Å². The molecule has 0 spiro atoms. The molecular weight excluding hydrogens is 346 g/mol. The SMILES string of the molecule is Nc1ccc(C(=O)Nc2ccc(I)cc2)c(F)c1. The Hall–Kier alpha value is -1.63. The average molecular weight is 356 g/mol. The molecule has 18 heavy (non-hydrogen) atoms. The van der Waals surface area contributed by atoms with Crippen LogP contribution in [0.1, 0.15) is 10.4 Å². The minimum atomic E-state index is -0.627. The zero-order valence-corrected chi connectivity index (χ0v) is 11.4. The Morgan fingerprint density at radius 1 is 1.17 bits per heavy atom. The van der Waals surface area contributed by atoms with Crippen molar-refractivity contribution in [2.45, 2.75) is 0 Å². The first-order chi connectivity index (χ1) is 8.56. The van der Waals surface area contributed by atoms with E-state index in [-0.39, 0.29) is 5.56 Å². The fourth-order valence-corrected chi connectivity index (χ4v) is 1.81. The van der Waals surface area contributed by atoms with Crippen LogP contribution in [0.2, 0.25) is 0 Å². The van der Waals surface area contributed by atoms with Crippen molar-refractivity contribution in [3.63, 3.8) is 0 Å². The van der Waals surface area contributed by atoms with Gasteiger partial charge in [0, 0.05) is 14.9 Å². The van der Waals surface area contributed by atoms with Crippen molar-refractivity contribution in [3.05, 3.63) is 57.4 Å². The third-order valence-corrected chi connectivity index (χ3v) is 3.06. The molecule has 0 atom stereocenters. The van der Waals surface area contributed by atoms with Gasteiger partial charge in [-0.15, -0.1) is 0 Å². The van der Waals surface area contributed by atoms with Gasteiger partial charge in [-0.25, -0.2) is 4.39 Å². The molecule has 3 nitrogen and oxygen atoms in total. The highest BCUT2D eigenvalue weighted by molar-refractivity contribution is 14.1. The van der Waals surface area contributed by atoms with Crippen molar-refractivity contribution >= 4 is 39.9 Å². The molecule has 0 bridgehead atoms. The van der Waals surface area contributed by atoms with Crippen molar-refractivity contribution < 1.29 is 9.18 Å². The first kappa shape index (κ1) is 12.8. The maximum atomic E-state index is 13.5. The summed E-state index contributed by atoms with van der Waals surface area (Å²) in [5.41, 5.74) is 6.31. The zero-order valence-electron chi connectivity index (χ0n) is 9.28. The van der Waals surface area contributed by atoms with Crippen molar-refractivity contribution in [2.24, 2.45) is 0 Å². The number of nitrogens with two attached hydrogens (primary N) is 1. The van der Waals surface area contributed by atoms with Gasteiger partial charge < -0.3 is 11.1 Å². The molecular formula is C13H10FIN2O. The summed E-state index contributed by atoms with van der Waals surface area (Å²) in [6.45, 7) is 0. The number of hydrogen-bond acceptors (Lipinski definition) is 2. The highest BCUT2D eigenvalue weighted by Crippen LogP contribution is 2.15. The van der Waals surface area contributed by atoms with Gasteiger partial charge in [-0.3, -0.25) is 4.79 Å². The lowest BCUT2D eigenvalue weighted by molar-refractivity contribution is 0.102. The van der Waals surface area contributed by atoms with Crippen molar-refractivity contribution in [3.8, 4) is 0 Å². The van der Waals surface area contributed by atoms with Crippen LogP contribution in [0.3, 0.4) is 0 Å². The van der Waals surface area contributed by atoms with E-state index in [9.17, 15) is 9.18 Å². The molecule has 1 amide bonds. The standard InChI is InChI=1S/C13H10FIN2O/c14-12-7-9(16)3-6-11(12)13(18)17-10-4-1-8(15)2-5-10/h1-7H,16H2,(H,17,18). The van der Waals surface area contributed by atoms with Gasteiger partial charge in [-0.05, 0) is 65.1 Å². The Bertz CT molecular complexity index is 584. The van der Waals surface area contributed by atoms with Gasteiger partial charge in [-0.2, -0.15) is 0 Å². The number of benzene rings is 2. The Labute approximate surface area is 117 Å². The summed E-state index contributed by atoms with van der Waals surface area (Å²) in [4.78, 5) is 11.8. The first-order valence-electron chi connectivity index (χ1n) is 5.18. The van der Waals surface area contributed by atoms with E-state index in [1.54, 1.807) is 12.1 Å². The molecule has 3 N–H and O–H groups in total. The molecule has 0 saturated carbocycles. The van der Waals surface area contributed by atoms with Crippen molar-refractivity contribution in [1.29, 1.82) is 0 Å². The molecule has 5 heteroatoms. The molecule has 2 aromatic rings. The predicted molar refractivity (Wildman–Crippen MR) is 77.9 cm³/mol. The fraction of sp³-hybridized carbons (Fsp3) is 0. The molecule has 0 unspecified atom stereocenters. The molecule has 0 aromatic heterocycles. The van der Waals surface area contributed by atoms with E-state index in [4.69, 9.17) is 5.73 Å². The number of nitrogens with one attached hydrogen (secondary N) is 1. The van der Waals surface area contributed by atoms with Gasteiger partial charge in [-0.1, -0.05) is 0 Å². The molecule has 0 heterocycles. The predicted octanol–water partition coefficient (Wildman–Crippen LogP) is 3.26. The van der Waals surface area contributed by atoms with Crippen LogP contribution in [0.5, 0.6) is 0 Å². The molecule has 92 valence electrons. The molecule has 2 aromatic carbocycles. The van der Waals surface area contributed by atoms with E-state index in [0.717, 1.165) is 9.64 Å². The quantitative estimate of drug-likeness (QED) is 0.641. The minimum Gasteiger partial charge on any atom is -0.399 e. The molecule has 0 radical (unpaired) electrons. The molecule has 0 aliphatic rings. The molecule has 0 aliphatic heterocycles. The summed E-state index contributed by atoms with van der Waals surface area (Å²) in [7, 11) is 0. The Balaban J connectivity index is 2.19. The molecule has 0 saturated heterocycles. The largest absolute Gasteiger partial charge is 0.399 e. The van der Waals surface area contributed by atoms with Gasteiger partial charge in [0.05, 0.1) is 5.56 Å². The average Bonchev–Trinajstić information content (AvgIpc) is 2.32. The fourth-order valence-electron chi connectivity index (χ4n) is 1.45. The van der Waals surface area contributed by atoms with E-state index in [0.29, 0.717) is 11.4 Å². The van der Waals surface area contributed by atoms with Gasteiger partial charge in [0.2, 0.25) is 0 Å². The number of rotatable bonds is 2. The number of amides is 1. The summed E-state index contributed by atoms with van der Waals surface area (Å²) < 4.78 is 14.6. The Kier molecular flexibility index (Phi) is 3.81. The monoisotopic (exact) mass is 356 g/mol. The van der Waals surface area contributed by atoms with Crippen LogP contribution in [-0.4, -0.2) is 5.91 Å². The second kappa shape index (κ2) is 5.34. The van der Waals surface area contributed by atoms with E-state index < -0.39 is 11.7 Å². The summed E-state index contributed by atoms with van der Waals surface area (Å²) >= 11 is 2.16. The van der Waals surface area contributed by atoms with Crippen LogP contribution in [0.15, 0.2) is 42.5 Å². The Morgan fingerprint density at radius 3 is 2.44 bits per heavy atom. The highest BCUT2D eigenvalue weighted by Gasteiger charge is 2.11. The number of halogens is 2. The van der Waals surface area contributed by atoms with Crippen molar-refractivity contribution in [1.82, 2.24) is 0 Å². The van der Waals surface area contributed by atoms with Crippen LogP contribution in [0.4, 0.5) is 15.8 Å². The van der Waals surface area contributed by atoms with Gasteiger partial charge >= 0.3 is 0 Å². The summed E-state index contributed by atoms with van der Waals surface area (Å²) in [6, 6.07) is 11.2. The second-order valence-electron chi connectivity index (χ2n) is 3.70. The second-order valence-corrected chi connectivity index (χ2v) is 4.95. The van der Waals surface area contributed by atoms with Crippen LogP contribution in [-0.2, 0) is 0 Å². The van der Waals surface area contributed by atoms with E-state index in [1.807, 2.05) is 12.1 Å². The third kappa shape index (κ3) is 2.98. The number of carbonyl (C=O) groups is 1. The maximum Gasteiger partial charge on any atom is 0.258 e. The van der Waals surface area contributed by atoms with E-state index in [1.165, 1.54) is 12.1 Å². The number of carbonyl (C=O) groups excluding carboxylic acids is 1. The zero-order chi connectivity index (χ0) is 13.1.